The van der Waals surface area contributed by atoms with Crippen LogP contribution in [0.1, 0.15) is 19.4 Å². The number of carbonyl (C=O) groups excluding carboxylic acids is 1. The topological polar surface area (TPSA) is 63.6 Å². The molecule has 18 heavy (non-hydrogen) atoms. The predicted octanol–water partition coefficient (Wildman–Crippen LogP) is 2.09. The molecule has 1 aromatic carbocycles. The fourth-order valence-electron chi connectivity index (χ4n) is 2.36. The number of carboxylic acids is 1. The van der Waals surface area contributed by atoms with Gasteiger partial charge in [0.1, 0.15) is 6.61 Å². The van der Waals surface area contributed by atoms with Crippen LogP contribution in [-0.2, 0) is 20.9 Å². The lowest BCUT2D eigenvalue weighted by Gasteiger charge is -2.05. The predicted molar refractivity (Wildman–Crippen MR) is 64.6 cm³/mol. The Labute approximate surface area is 106 Å². The molecule has 2 rings (SSSR count). The minimum Gasteiger partial charge on any atom is -0.481 e. The lowest BCUT2D eigenvalue weighted by molar-refractivity contribution is -0.150. The molecule has 0 radical (unpaired) electrons. The van der Waals surface area contributed by atoms with Gasteiger partial charge in [-0.3, -0.25) is 9.59 Å². The van der Waals surface area contributed by atoms with Gasteiger partial charge in [-0.05, 0) is 11.0 Å². The van der Waals surface area contributed by atoms with Gasteiger partial charge >= 0.3 is 11.9 Å². The monoisotopic (exact) mass is 248 g/mol. The van der Waals surface area contributed by atoms with Crippen molar-refractivity contribution in [2.45, 2.75) is 20.5 Å². The summed E-state index contributed by atoms with van der Waals surface area (Å²) in [6, 6.07) is 9.34. The van der Waals surface area contributed by atoms with Crippen LogP contribution < -0.4 is 0 Å². The van der Waals surface area contributed by atoms with E-state index in [1.165, 1.54) is 0 Å². The molecular weight excluding hydrogens is 232 g/mol. The minimum absolute atomic E-state index is 0.193. The summed E-state index contributed by atoms with van der Waals surface area (Å²) in [7, 11) is 0. The van der Waals surface area contributed by atoms with E-state index < -0.39 is 29.2 Å². The number of aliphatic carboxylic acids is 1. The van der Waals surface area contributed by atoms with E-state index >= 15 is 0 Å². The van der Waals surface area contributed by atoms with Crippen LogP contribution in [0.2, 0.25) is 0 Å². The second-order valence-electron chi connectivity index (χ2n) is 5.21. The van der Waals surface area contributed by atoms with Crippen molar-refractivity contribution in [1.29, 1.82) is 0 Å². The molecule has 0 amide bonds. The van der Waals surface area contributed by atoms with Gasteiger partial charge in [0.05, 0.1) is 11.8 Å². The van der Waals surface area contributed by atoms with Crippen molar-refractivity contribution in [3.63, 3.8) is 0 Å². The average Bonchev–Trinajstić information content (AvgIpc) is 2.91. The van der Waals surface area contributed by atoms with Crippen molar-refractivity contribution < 1.29 is 19.4 Å². The first-order valence-electron chi connectivity index (χ1n) is 5.88. The third-order valence-corrected chi connectivity index (χ3v) is 3.57. The van der Waals surface area contributed by atoms with Crippen molar-refractivity contribution in [1.82, 2.24) is 0 Å². The molecule has 0 aliphatic heterocycles. The minimum atomic E-state index is -0.929. The molecule has 4 heteroatoms. The van der Waals surface area contributed by atoms with Crippen molar-refractivity contribution >= 4 is 11.9 Å². The maximum atomic E-state index is 11.8. The molecule has 1 aromatic rings. The Morgan fingerprint density at radius 2 is 1.83 bits per heavy atom. The lowest BCUT2D eigenvalue weighted by Crippen LogP contribution is -2.11. The van der Waals surface area contributed by atoms with Gasteiger partial charge in [0, 0.05) is 0 Å². The maximum Gasteiger partial charge on any atom is 0.310 e. The lowest BCUT2D eigenvalue weighted by atomic mass is 10.1. The number of carbonyl (C=O) groups is 2. The van der Waals surface area contributed by atoms with Crippen LogP contribution in [0.3, 0.4) is 0 Å². The maximum absolute atomic E-state index is 11.8. The Kier molecular flexibility index (Phi) is 3.11. The zero-order valence-corrected chi connectivity index (χ0v) is 10.4. The van der Waals surface area contributed by atoms with Crippen molar-refractivity contribution in [3.05, 3.63) is 35.9 Å². The second kappa shape index (κ2) is 4.44. The molecule has 0 saturated heterocycles. The molecule has 0 spiro atoms. The van der Waals surface area contributed by atoms with Gasteiger partial charge in [0.2, 0.25) is 0 Å². The number of hydrogen-bond donors (Lipinski definition) is 1. The zero-order chi connectivity index (χ0) is 13.3. The molecular formula is C14H16O4. The van der Waals surface area contributed by atoms with Gasteiger partial charge < -0.3 is 9.84 Å². The van der Waals surface area contributed by atoms with Gasteiger partial charge in [-0.1, -0.05) is 44.2 Å². The Hall–Kier alpha value is -1.84. The molecule has 2 unspecified atom stereocenters. The first kappa shape index (κ1) is 12.6. The number of hydrogen-bond acceptors (Lipinski definition) is 3. The first-order chi connectivity index (χ1) is 8.44. The summed E-state index contributed by atoms with van der Waals surface area (Å²) in [4.78, 5) is 22.8. The second-order valence-corrected chi connectivity index (χ2v) is 5.21. The van der Waals surface area contributed by atoms with Crippen LogP contribution in [0.5, 0.6) is 0 Å². The average molecular weight is 248 g/mol. The van der Waals surface area contributed by atoms with E-state index in [1.54, 1.807) is 13.8 Å². The summed E-state index contributed by atoms with van der Waals surface area (Å²) in [5.74, 6) is -2.50. The largest absolute Gasteiger partial charge is 0.481 e. The van der Waals surface area contributed by atoms with E-state index in [1.807, 2.05) is 30.3 Å². The van der Waals surface area contributed by atoms with E-state index in [0.717, 1.165) is 5.56 Å². The smallest absolute Gasteiger partial charge is 0.310 e. The summed E-state index contributed by atoms with van der Waals surface area (Å²) in [6.07, 6.45) is 0. The SMILES string of the molecule is CC1(C)C(C(=O)O)C1C(=O)OCc1ccccc1. The molecule has 2 atom stereocenters. The third kappa shape index (κ3) is 2.23. The molecule has 1 aliphatic rings. The van der Waals surface area contributed by atoms with Crippen molar-refractivity contribution in [2.24, 2.45) is 17.3 Å². The van der Waals surface area contributed by atoms with E-state index in [9.17, 15) is 9.59 Å². The number of carboxylic acid groups (broad SMARTS) is 1. The Balaban J connectivity index is 1.93. The number of esters is 1. The van der Waals surface area contributed by atoms with Crippen LogP contribution in [0, 0.1) is 17.3 Å². The number of ether oxygens (including phenoxy) is 1. The molecule has 0 bridgehead atoms. The molecule has 1 fully saturated rings. The van der Waals surface area contributed by atoms with Crippen LogP contribution in [0.15, 0.2) is 30.3 Å². The van der Waals surface area contributed by atoms with Gasteiger partial charge in [0.25, 0.3) is 0 Å². The van der Waals surface area contributed by atoms with Crippen LogP contribution >= 0.6 is 0 Å². The fraction of sp³-hybridized carbons (Fsp3) is 0.429. The highest BCUT2D eigenvalue weighted by Gasteiger charge is 2.66. The Bertz CT molecular complexity index is 464. The summed E-state index contributed by atoms with van der Waals surface area (Å²) in [5.41, 5.74) is 0.399. The normalized spacial score (nSPS) is 24.3. The standard InChI is InChI=1S/C14H16O4/c1-14(2)10(12(15)16)11(14)13(17)18-8-9-6-4-3-5-7-9/h3-7,10-11H,8H2,1-2H3,(H,15,16). The van der Waals surface area contributed by atoms with Gasteiger partial charge in [-0.25, -0.2) is 0 Å². The van der Waals surface area contributed by atoms with Crippen LogP contribution in [-0.4, -0.2) is 17.0 Å². The van der Waals surface area contributed by atoms with Crippen LogP contribution in [0.25, 0.3) is 0 Å². The number of benzene rings is 1. The van der Waals surface area contributed by atoms with Crippen molar-refractivity contribution in [2.75, 3.05) is 0 Å². The molecule has 1 N–H and O–H groups in total. The number of rotatable bonds is 4. The Morgan fingerprint density at radius 3 is 2.33 bits per heavy atom. The van der Waals surface area contributed by atoms with Gasteiger partial charge in [0.15, 0.2) is 0 Å². The zero-order valence-electron chi connectivity index (χ0n) is 10.4. The van der Waals surface area contributed by atoms with Gasteiger partial charge in [-0.2, -0.15) is 0 Å². The Morgan fingerprint density at radius 1 is 1.22 bits per heavy atom. The first-order valence-corrected chi connectivity index (χ1v) is 5.88. The molecule has 0 heterocycles. The highest BCUT2D eigenvalue weighted by molar-refractivity contribution is 5.88. The highest BCUT2D eigenvalue weighted by atomic mass is 16.5. The van der Waals surface area contributed by atoms with Gasteiger partial charge in [-0.15, -0.1) is 0 Å². The molecule has 4 nitrogen and oxygen atoms in total. The summed E-state index contributed by atoms with van der Waals surface area (Å²) in [6.45, 7) is 3.75. The van der Waals surface area contributed by atoms with E-state index in [2.05, 4.69) is 0 Å². The third-order valence-electron chi connectivity index (χ3n) is 3.57. The molecule has 1 saturated carbocycles. The summed E-state index contributed by atoms with van der Waals surface area (Å²) in [5, 5.41) is 8.99. The summed E-state index contributed by atoms with van der Waals surface area (Å²) >= 11 is 0. The molecule has 96 valence electrons. The quantitative estimate of drug-likeness (QED) is 0.829. The van der Waals surface area contributed by atoms with E-state index in [4.69, 9.17) is 9.84 Å². The summed E-state index contributed by atoms with van der Waals surface area (Å²) < 4.78 is 5.17. The van der Waals surface area contributed by atoms with Crippen LogP contribution in [0.4, 0.5) is 0 Å². The highest BCUT2D eigenvalue weighted by Crippen LogP contribution is 2.58. The van der Waals surface area contributed by atoms with E-state index in [0.29, 0.717) is 0 Å². The molecule has 1 aliphatic carbocycles. The van der Waals surface area contributed by atoms with E-state index in [-0.39, 0.29) is 6.61 Å². The molecule has 0 aromatic heterocycles. The van der Waals surface area contributed by atoms with Crippen molar-refractivity contribution in [3.8, 4) is 0 Å². The fourth-order valence-corrected chi connectivity index (χ4v) is 2.36.